The molecule has 0 spiro atoms. The molecule has 2 heterocycles. The normalized spacial score (nSPS) is 19.3. The molecule has 4 nitrogen and oxygen atoms in total. The molecule has 1 unspecified atom stereocenters. The van der Waals surface area contributed by atoms with Crippen molar-refractivity contribution < 1.29 is 12.8 Å². The van der Waals surface area contributed by atoms with E-state index in [9.17, 15) is 12.8 Å². The average molecular weight is 348 g/mol. The molecular formula is C18H21FN2O2S. The number of benzene rings is 1. The number of hydrogen-bond acceptors (Lipinski definition) is 3. The standard InChI is InChI=1S/C18H21FN2O2S/c1-24(22,23)21-10-4-6-16(13-21)18-9-8-14(12-20-18)11-15-5-2-3-7-17(15)19/h2-3,5,7-9,12,16H,4,6,10-11,13H2,1H3. The van der Waals surface area contributed by atoms with Crippen LogP contribution in [0.2, 0.25) is 0 Å². The van der Waals surface area contributed by atoms with E-state index in [2.05, 4.69) is 4.98 Å². The van der Waals surface area contributed by atoms with Crippen molar-refractivity contribution in [3.63, 3.8) is 0 Å². The van der Waals surface area contributed by atoms with Crippen molar-refractivity contribution in [3.05, 3.63) is 65.2 Å². The third-order valence-electron chi connectivity index (χ3n) is 4.47. The fraction of sp³-hybridized carbons (Fsp3) is 0.389. The van der Waals surface area contributed by atoms with Gasteiger partial charge in [0, 0.05) is 37.3 Å². The van der Waals surface area contributed by atoms with Crippen molar-refractivity contribution in [1.82, 2.24) is 9.29 Å². The number of sulfonamides is 1. The van der Waals surface area contributed by atoms with E-state index < -0.39 is 10.0 Å². The molecule has 0 aliphatic carbocycles. The van der Waals surface area contributed by atoms with Gasteiger partial charge in [-0.05, 0) is 36.1 Å². The summed E-state index contributed by atoms with van der Waals surface area (Å²) in [6.45, 7) is 1.07. The highest BCUT2D eigenvalue weighted by molar-refractivity contribution is 7.88. The Balaban J connectivity index is 1.71. The number of aromatic nitrogens is 1. The third kappa shape index (κ3) is 3.99. The van der Waals surface area contributed by atoms with Crippen LogP contribution >= 0.6 is 0 Å². The second-order valence-electron chi connectivity index (χ2n) is 6.32. The summed E-state index contributed by atoms with van der Waals surface area (Å²) in [6, 6.07) is 10.6. The van der Waals surface area contributed by atoms with Crippen LogP contribution in [0.25, 0.3) is 0 Å². The Bertz CT molecular complexity index is 806. The van der Waals surface area contributed by atoms with E-state index in [1.54, 1.807) is 18.3 Å². The smallest absolute Gasteiger partial charge is 0.211 e. The Kier molecular flexibility index (Phi) is 4.96. The van der Waals surface area contributed by atoms with Gasteiger partial charge in [-0.1, -0.05) is 24.3 Å². The van der Waals surface area contributed by atoms with Crippen LogP contribution < -0.4 is 0 Å². The van der Waals surface area contributed by atoms with Crippen LogP contribution in [0.5, 0.6) is 0 Å². The van der Waals surface area contributed by atoms with Gasteiger partial charge < -0.3 is 0 Å². The van der Waals surface area contributed by atoms with Crippen LogP contribution in [0.1, 0.15) is 35.6 Å². The van der Waals surface area contributed by atoms with Gasteiger partial charge in [0.25, 0.3) is 0 Å². The van der Waals surface area contributed by atoms with Gasteiger partial charge in [-0.2, -0.15) is 0 Å². The SMILES string of the molecule is CS(=O)(=O)N1CCCC(c2ccc(Cc3ccccc3F)cn2)C1. The summed E-state index contributed by atoms with van der Waals surface area (Å²) in [5.41, 5.74) is 2.49. The number of pyridine rings is 1. The van der Waals surface area contributed by atoms with Crippen molar-refractivity contribution in [2.75, 3.05) is 19.3 Å². The topological polar surface area (TPSA) is 50.3 Å². The fourth-order valence-electron chi connectivity index (χ4n) is 3.13. The highest BCUT2D eigenvalue weighted by atomic mass is 32.2. The van der Waals surface area contributed by atoms with Crippen LogP contribution in [0.4, 0.5) is 4.39 Å². The van der Waals surface area contributed by atoms with Gasteiger partial charge in [-0.25, -0.2) is 17.1 Å². The molecule has 2 aromatic rings. The molecule has 6 heteroatoms. The summed E-state index contributed by atoms with van der Waals surface area (Å²) >= 11 is 0. The molecular weight excluding hydrogens is 327 g/mol. The summed E-state index contributed by atoms with van der Waals surface area (Å²) in [6.07, 6.45) is 5.30. The first-order valence-corrected chi connectivity index (χ1v) is 9.91. The van der Waals surface area contributed by atoms with Gasteiger partial charge in [0.1, 0.15) is 5.82 Å². The van der Waals surface area contributed by atoms with Gasteiger partial charge in [0.2, 0.25) is 10.0 Å². The lowest BCUT2D eigenvalue weighted by atomic mass is 9.95. The van der Waals surface area contributed by atoms with Crippen molar-refractivity contribution in [2.45, 2.75) is 25.2 Å². The Morgan fingerprint density at radius 2 is 2.04 bits per heavy atom. The number of hydrogen-bond donors (Lipinski definition) is 0. The molecule has 1 aliphatic heterocycles. The van der Waals surface area contributed by atoms with E-state index in [0.29, 0.717) is 25.1 Å². The zero-order chi connectivity index (χ0) is 17.2. The van der Waals surface area contributed by atoms with Gasteiger partial charge in [-0.15, -0.1) is 0 Å². The highest BCUT2D eigenvalue weighted by Crippen LogP contribution is 2.27. The quantitative estimate of drug-likeness (QED) is 0.854. The first kappa shape index (κ1) is 17.0. The van der Waals surface area contributed by atoms with E-state index in [4.69, 9.17) is 0 Å². The van der Waals surface area contributed by atoms with Crippen LogP contribution in [-0.4, -0.2) is 37.1 Å². The summed E-state index contributed by atoms with van der Waals surface area (Å²) in [5, 5.41) is 0. The van der Waals surface area contributed by atoms with E-state index in [1.807, 2.05) is 18.2 Å². The van der Waals surface area contributed by atoms with E-state index in [1.165, 1.54) is 16.6 Å². The van der Waals surface area contributed by atoms with Crippen LogP contribution in [0.3, 0.4) is 0 Å². The summed E-state index contributed by atoms with van der Waals surface area (Å²) in [4.78, 5) is 4.50. The fourth-order valence-corrected chi connectivity index (χ4v) is 4.04. The van der Waals surface area contributed by atoms with Crippen molar-refractivity contribution in [3.8, 4) is 0 Å². The maximum absolute atomic E-state index is 13.7. The molecule has 0 saturated carbocycles. The predicted octanol–water partition coefficient (Wildman–Crippen LogP) is 2.95. The van der Waals surface area contributed by atoms with Gasteiger partial charge in [-0.3, -0.25) is 4.98 Å². The number of piperidine rings is 1. The molecule has 0 amide bonds. The number of halogens is 1. The van der Waals surface area contributed by atoms with E-state index in [-0.39, 0.29) is 11.7 Å². The monoisotopic (exact) mass is 348 g/mol. The number of nitrogens with zero attached hydrogens (tertiary/aromatic N) is 2. The lowest BCUT2D eigenvalue weighted by Gasteiger charge is -2.30. The summed E-state index contributed by atoms with van der Waals surface area (Å²) in [7, 11) is -3.16. The first-order chi connectivity index (χ1) is 11.4. The van der Waals surface area contributed by atoms with Gasteiger partial charge >= 0.3 is 0 Å². The van der Waals surface area contributed by atoms with Crippen LogP contribution in [-0.2, 0) is 16.4 Å². The van der Waals surface area contributed by atoms with Gasteiger partial charge in [0.05, 0.1) is 6.26 Å². The molecule has 1 saturated heterocycles. The van der Waals surface area contributed by atoms with Gasteiger partial charge in [0.15, 0.2) is 0 Å². The molecule has 0 bridgehead atoms. The molecule has 128 valence electrons. The lowest BCUT2D eigenvalue weighted by Crippen LogP contribution is -2.38. The molecule has 1 fully saturated rings. The average Bonchev–Trinajstić information content (AvgIpc) is 2.57. The number of rotatable bonds is 4. The third-order valence-corrected chi connectivity index (χ3v) is 5.74. The van der Waals surface area contributed by atoms with Crippen molar-refractivity contribution in [1.29, 1.82) is 0 Å². The Hall–Kier alpha value is -1.79. The molecule has 1 aromatic heterocycles. The summed E-state index contributed by atoms with van der Waals surface area (Å²) in [5.74, 6) is -0.0892. The second-order valence-corrected chi connectivity index (χ2v) is 8.30. The van der Waals surface area contributed by atoms with E-state index >= 15 is 0 Å². The minimum Gasteiger partial charge on any atom is -0.261 e. The minimum atomic E-state index is -3.16. The largest absolute Gasteiger partial charge is 0.261 e. The Morgan fingerprint density at radius 1 is 1.25 bits per heavy atom. The Morgan fingerprint density at radius 3 is 2.71 bits per heavy atom. The zero-order valence-electron chi connectivity index (χ0n) is 13.7. The maximum Gasteiger partial charge on any atom is 0.211 e. The molecule has 3 rings (SSSR count). The van der Waals surface area contributed by atoms with Crippen molar-refractivity contribution >= 4 is 10.0 Å². The lowest BCUT2D eigenvalue weighted by molar-refractivity contribution is 0.314. The zero-order valence-corrected chi connectivity index (χ0v) is 14.5. The van der Waals surface area contributed by atoms with E-state index in [0.717, 1.165) is 24.1 Å². The van der Waals surface area contributed by atoms with Crippen molar-refractivity contribution in [2.24, 2.45) is 0 Å². The maximum atomic E-state index is 13.7. The minimum absolute atomic E-state index is 0.121. The molecule has 1 aromatic carbocycles. The summed E-state index contributed by atoms with van der Waals surface area (Å²) < 4.78 is 38.7. The molecule has 0 radical (unpaired) electrons. The highest BCUT2D eigenvalue weighted by Gasteiger charge is 2.27. The van der Waals surface area contributed by atoms with Crippen LogP contribution in [0, 0.1) is 5.82 Å². The molecule has 1 atom stereocenters. The predicted molar refractivity (Wildman–Crippen MR) is 91.8 cm³/mol. The van der Waals surface area contributed by atoms with Crippen LogP contribution in [0.15, 0.2) is 42.6 Å². The molecule has 0 N–H and O–H groups in total. The molecule has 24 heavy (non-hydrogen) atoms. The Labute approximate surface area is 142 Å². The second kappa shape index (κ2) is 6.99. The first-order valence-electron chi connectivity index (χ1n) is 8.07. The molecule has 1 aliphatic rings.